The van der Waals surface area contributed by atoms with Crippen molar-refractivity contribution in [3.8, 4) is 6.07 Å². The Bertz CT molecular complexity index is 492. The third-order valence-electron chi connectivity index (χ3n) is 2.94. The number of nitriles is 1. The van der Waals surface area contributed by atoms with E-state index in [1.54, 1.807) is 30.0 Å². The molecule has 0 bridgehead atoms. The van der Waals surface area contributed by atoms with Gasteiger partial charge in [0.25, 0.3) is 0 Å². The van der Waals surface area contributed by atoms with Crippen molar-refractivity contribution in [2.75, 3.05) is 18.4 Å². The zero-order chi connectivity index (χ0) is 14.4. The summed E-state index contributed by atoms with van der Waals surface area (Å²) in [7, 11) is 0. The van der Waals surface area contributed by atoms with Gasteiger partial charge in [-0.1, -0.05) is 17.7 Å². The summed E-state index contributed by atoms with van der Waals surface area (Å²) in [6, 6.07) is 6.80. The molecule has 5 heteroatoms. The minimum atomic E-state index is -0.398. The van der Waals surface area contributed by atoms with E-state index in [1.165, 1.54) is 0 Å². The first-order valence-electron chi connectivity index (χ1n) is 6.29. The number of carbonyl (C=O) groups is 1. The largest absolute Gasteiger partial charge is 0.373 e. The van der Waals surface area contributed by atoms with Crippen molar-refractivity contribution in [3.63, 3.8) is 0 Å². The van der Waals surface area contributed by atoms with E-state index >= 15 is 0 Å². The highest BCUT2D eigenvalue weighted by molar-refractivity contribution is 6.32. The summed E-state index contributed by atoms with van der Waals surface area (Å²) in [5.41, 5.74) is 0.950. The van der Waals surface area contributed by atoms with E-state index in [1.807, 2.05) is 19.9 Å². The number of amides is 1. The lowest BCUT2D eigenvalue weighted by Crippen LogP contribution is -2.41. The van der Waals surface area contributed by atoms with Gasteiger partial charge in [-0.2, -0.15) is 5.26 Å². The molecule has 1 aromatic carbocycles. The molecule has 1 unspecified atom stereocenters. The molecule has 0 saturated carbocycles. The molecule has 4 nitrogen and oxygen atoms in total. The summed E-state index contributed by atoms with van der Waals surface area (Å²) >= 11 is 5.95. The lowest BCUT2D eigenvalue weighted by Gasteiger charge is -2.24. The van der Waals surface area contributed by atoms with Crippen LogP contribution in [0, 0.1) is 11.3 Å². The van der Waals surface area contributed by atoms with Crippen LogP contribution in [0.4, 0.5) is 5.69 Å². The van der Waals surface area contributed by atoms with Crippen LogP contribution in [0.5, 0.6) is 0 Å². The molecule has 0 saturated heterocycles. The van der Waals surface area contributed by atoms with Gasteiger partial charge in [0.1, 0.15) is 12.1 Å². The standard InChI is InChI=1S/C14H18ClN3O/c1-4-18(5-2)14(19)10(3)17-13-8-6-7-12(15)11(13)9-16/h6-8,10,17H,4-5H2,1-3H3. The number of nitrogens with zero attached hydrogens (tertiary/aromatic N) is 2. The maximum absolute atomic E-state index is 12.1. The van der Waals surface area contributed by atoms with Gasteiger partial charge in [-0.25, -0.2) is 0 Å². The predicted molar refractivity (Wildman–Crippen MR) is 77.2 cm³/mol. The Kier molecular flexibility index (Phi) is 5.65. The van der Waals surface area contributed by atoms with Crippen LogP contribution in [0.3, 0.4) is 0 Å². The van der Waals surface area contributed by atoms with Crippen LogP contribution in [-0.2, 0) is 4.79 Å². The van der Waals surface area contributed by atoms with Crippen LogP contribution >= 0.6 is 11.6 Å². The first-order valence-corrected chi connectivity index (χ1v) is 6.66. The summed E-state index contributed by atoms with van der Waals surface area (Å²) in [6.07, 6.45) is 0. The zero-order valence-corrected chi connectivity index (χ0v) is 12.2. The van der Waals surface area contributed by atoms with Gasteiger partial charge in [-0.05, 0) is 32.9 Å². The Labute approximate surface area is 119 Å². The lowest BCUT2D eigenvalue weighted by atomic mass is 10.1. The van der Waals surface area contributed by atoms with E-state index in [-0.39, 0.29) is 5.91 Å². The maximum Gasteiger partial charge on any atom is 0.244 e. The molecular formula is C14H18ClN3O. The summed E-state index contributed by atoms with van der Waals surface area (Å²) in [5.74, 6) is 0.00821. The Hall–Kier alpha value is -1.73. The smallest absolute Gasteiger partial charge is 0.244 e. The van der Waals surface area contributed by atoms with Gasteiger partial charge >= 0.3 is 0 Å². The SMILES string of the molecule is CCN(CC)C(=O)C(C)Nc1cccc(Cl)c1C#N. The van der Waals surface area contributed by atoms with E-state index in [0.29, 0.717) is 29.4 Å². The molecule has 1 rings (SSSR count). The molecule has 19 heavy (non-hydrogen) atoms. The van der Waals surface area contributed by atoms with Crippen molar-refractivity contribution in [3.05, 3.63) is 28.8 Å². The quantitative estimate of drug-likeness (QED) is 0.902. The highest BCUT2D eigenvalue weighted by atomic mass is 35.5. The molecule has 0 aromatic heterocycles. The predicted octanol–water partition coefficient (Wildman–Crippen LogP) is 2.88. The molecule has 0 aliphatic heterocycles. The maximum atomic E-state index is 12.1. The minimum Gasteiger partial charge on any atom is -0.373 e. The molecule has 0 fully saturated rings. The molecule has 0 aliphatic carbocycles. The van der Waals surface area contributed by atoms with Crippen molar-refractivity contribution in [2.45, 2.75) is 26.8 Å². The van der Waals surface area contributed by atoms with Gasteiger partial charge in [0.15, 0.2) is 0 Å². The Morgan fingerprint density at radius 2 is 2.11 bits per heavy atom. The van der Waals surface area contributed by atoms with Crippen LogP contribution < -0.4 is 5.32 Å². The second kappa shape index (κ2) is 7.01. The topological polar surface area (TPSA) is 56.1 Å². The Morgan fingerprint density at radius 3 is 2.63 bits per heavy atom. The van der Waals surface area contributed by atoms with E-state index < -0.39 is 6.04 Å². The number of halogens is 1. The fourth-order valence-corrected chi connectivity index (χ4v) is 2.08. The molecule has 102 valence electrons. The second-order valence-corrected chi connectivity index (χ2v) is 4.56. The number of hydrogen-bond acceptors (Lipinski definition) is 3. The normalized spacial score (nSPS) is 11.5. The number of anilines is 1. The summed E-state index contributed by atoms with van der Waals surface area (Å²) in [5, 5.41) is 12.5. The Morgan fingerprint density at radius 1 is 1.47 bits per heavy atom. The number of hydrogen-bond donors (Lipinski definition) is 1. The van der Waals surface area contributed by atoms with Crippen molar-refractivity contribution in [1.82, 2.24) is 4.90 Å². The van der Waals surface area contributed by atoms with Gasteiger partial charge < -0.3 is 10.2 Å². The van der Waals surface area contributed by atoms with E-state index in [2.05, 4.69) is 5.32 Å². The van der Waals surface area contributed by atoms with Gasteiger partial charge in [-0.3, -0.25) is 4.79 Å². The molecule has 1 N–H and O–H groups in total. The van der Waals surface area contributed by atoms with Crippen molar-refractivity contribution < 1.29 is 4.79 Å². The molecule has 0 spiro atoms. The first kappa shape index (κ1) is 15.3. The van der Waals surface area contributed by atoms with Crippen molar-refractivity contribution in [1.29, 1.82) is 5.26 Å². The highest BCUT2D eigenvalue weighted by Gasteiger charge is 2.19. The van der Waals surface area contributed by atoms with Crippen LogP contribution in [-0.4, -0.2) is 29.9 Å². The summed E-state index contributed by atoms with van der Waals surface area (Å²) in [6.45, 7) is 7.00. The first-order chi connectivity index (χ1) is 9.04. The number of nitrogens with one attached hydrogen (secondary N) is 1. The molecule has 0 radical (unpaired) electrons. The van der Waals surface area contributed by atoms with E-state index in [0.717, 1.165) is 0 Å². The van der Waals surface area contributed by atoms with Gasteiger partial charge in [0.2, 0.25) is 5.91 Å². The fourth-order valence-electron chi connectivity index (χ4n) is 1.86. The van der Waals surface area contributed by atoms with Crippen molar-refractivity contribution >= 4 is 23.2 Å². The number of carbonyl (C=O) groups excluding carboxylic acids is 1. The van der Waals surface area contributed by atoms with Crippen molar-refractivity contribution in [2.24, 2.45) is 0 Å². The number of benzene rings is 1. The highest BCUT2D eigenvalue weighted by Crippen LogP contribution is 2.24. The monoisotopic (exact) mass is 279 g/mol. The third-order valence-corrected chi connectivity index (χ3v) is 3.26. The average Bonchev–Trinajstić information content (AvgIpc) is 2.40. The van der Waals surface area contributed by atoms with Crippen LogP contribution in [0.15, 0.2) is 18.2 Å². The van der Waals surface area contributed by atoms with E-state index in [9.17, 15) is 4.79 Å². The zero-order valence-electron chi connectivity index (χ0n) is 11.4. The van der Waals surface area contributed by atoms with Gasteiger partial charge in [-0.15, -0.1) is 0 Å². The van der Waals surface area contributed by atoms with Crippen LogP contribution in [0.2, 0.25) is 5.02 Å². The lowest BCUT2D eigenvalue weighted by molar-refractivity contribution is -0.131. The molecule has 1 amide bonds. The molecule has 1 aromatic rings. The third kappa shape index (κ3) is 3.62. The van der Waals surface area contributed by atoms with Gasteiger partial charge in [0, 0.05) is 13.1 Å². The molecule has 0 aliphatic rings. The molecule has 1 atom stereocenters. The van der Waals surface area contributed by atoms with Crippen LogP contribution in [0.1, 0.15) is 26.3 Å². The molecule has 0 heterocycles. The minimum absolute atomic E-state index is 0.00821. The number of likely N-dealkylation sites (N-methyl/N-ethyl adjacent to an activating group) is 1. The fraction of sp³-hybridized carbons (Fsp3) is 0.429. The van der Waals surface area contributed by atoms with Crippen LogP contribution in [0.25, 0.3) is 0 Å². The number of rotatable bonds is 5. The van der Waals surface area contributed by atoms with E-state index in [4.69, 9.17) is 16.9 Å². The average molecular weight is 280 g/mol. The summed E-state index contributed by atoms with van der Waals surface area (Å²) in [4.78, 5) is 13.9. The molecular weight excluding hydrogens is 262 g/mol. The Balaban J connectivity index is 2.89. The second-order valence-electron chi connectivity index (χ2n) is 4.15. The van der Waals surface area contributed by atoms with Gasteiger partial charge in [0.05, 0.1) is 16.3 Å². The summed E-state index contributed by atoms with van der Waals surface area (Å²) < 4.78 is 0.